The van der Waals surface area contributed by atoms with Crippen LogP contribution in [0.3, 0.4) is 0 Å². The zero-order valence-electron chi connectivity index (χ0n) is 10.6. The third-order valence-electron chi connectivity index (χ3n) is 3.27. The second-order valence-electron chi connectivity index (χ2n) is 4.56. The molecular weight excluding hydrogens is 200 g/mol. The van der Waals surface area contributed by atoms with Gasteiger partial charge in [0.2, 0.25) is 0 Å². The highest BCUT2D eigenvalue weighted by Gasteiger charge is 2.17. The van der Waals surface area contributed by atoms with E-state index in [-0.39, 0.29) is 0 Å². The molecule has 16 heavy (non-hydrogen) atoms. The molecule has 1 aliphatic rings. The molecule has 0 saturated carbocycles. The highest BCUT2D eigenvalue weighted by Crippen LogP contribution is 2.16. The normalized spacial score (nSPS) is 18.8. The summed E-state index contributed by atoms with van der Waals surface area (Å²) in [4.78, 5) is 2.55. The Kier molecular flexibility index (Phi) is 7.47. The molecule has 3 nitrogen and oxygen atoms in total. The topological polar surface area (TPSA) is 24.5 Å². The van der Waals surface area contributed by atoms with Crippen molar-refractivity contribution in [1.29, 1.82) is 0 Å². The van der Waals surface area contributed by atoms with Gasteiger partial charge in [0.25, 0.3) is 0 Å². The molecule has 0 aliphatic carbocycles. The second kappa shape index (κ2) is 8.74. The Hall–Kier alpha value is -0.380. The van der Waals surface area contributed by atoms with Crippen LogP contribution in [0.2, 0.25) is 0 Å². The summed E-state index contributed by atoms with van der Waals surface area (Å²) in [6.07, 6.45) is 5.80. The van der Waals surface area contributed by atoms with E-state index in [0.717, 1.165) is 32.0 Å². The van der Waals surface area contributed by atoms with Gasteiger partial charge in [-0.2, -0.15) is 0 Å². The van der Waals surface area contributed by atoms with Gasteiger partial charge in [-0.05, 0) is 44.8 Å². The molecule has 94 valence electrons. The first-order valence-electron chi connectivity index (χ1n) is 6.39. The molecule has 0 aromatic rings. The van der Waals surface area contributed by atoms with Gasteiger partial charge >= 0.3 is 0 Å². The van der Waals surface area contributed by atoms with E-state index in [1.807, 2.05) is 6.08 Å². The molecule has 0 bridgehead atoms. The minimum atomic E-state index is 0.818. The van der Waals surface area contributed by atoms with Crippen molar-refractivity contribution < 1.29 is 4.74 Å². The summed E-state index contributed by atoms with van der Waals surface area (Å²) in [6, 6.07) is 0. The first-order chi connectivity index (χ1) is 7.86. The van der Waals surface area contributed by atoms with Gasteiger partial charge in [-0.1, -0.05) is 6.08 Å². The molecule has 1 rings (SSSR count). The number of likely N-dealkylation sites (tertiary alicyclic amines) is 1. The van der Waals surface area contributed by atoms with E-state index in [9.17, 15) is 0 Å². The fourth-order valence-electron chi connectivity index (χ4n) is 2.17. The lowest BCUT2D eigenvalue weighted by Crippen LogP contribution is -2.38. The van der Waals surface area contributed by atoms with Crippen molar-refractivity contribution in [2.75, 3.05) is 46.4 Å². The average molecular weight is 226 g/mol. The monoisotopic (exact) mass is 226 g/mol. The standard InChI is InChI=1S/C13H26N2O/c1-3-4-8-15-9-5-13(6-10-15)12-14-7-11-16-2/h3,13-14H,1,4-12H2,2H3. The molecule has 1 heterocycles. The number of hydrogen-bond donors (Lipinski definition) is 1. The number of rotatable bonds is 8. The van der Waals surface area contributed by atoms with Crippen LogP contribution in [-0.4, -0.2) is 51.3 Å². The second-order valence-corrected chi connectivity index (χ2v) is 4.56. The van der Waals surface area contributed by atoms with Crippen molar-refractivity contribution >= 4 is 0 Å². The summed E-state index contributed by atoms with van der Waals surface area (Å²) >= 11 is 0. The number of piperidine rings is 1. The van der Waals surface area contributed by atoms with Crippen LogP contribution in [0.25, 0.3) is 0 Å². The van der Waals surface area contributed by atoms with Crippen molar-refractivity contribution in [3.8, 4) is 0 Å². The van der Waals surface area contributed by atoms with Crippen LogP contribution in [0.5, 0.6) is 0 Å². The first-order valence-corrected chi connectivity index (χ1v) is 6.39. The van der Waals surface area contributed by atoms with Gasteiger partial charge in [-0.15, -0.1) is 6.58 Å². The maximum atomic E-state index is 5.01. The van der Waals surface area contributed by atoms with Crippen molar-refractivity contribution in [2.24, 2.45) is 5.92 Å². The Labute approximate surface area is 99.8 Å². The Morgan fingerprint density at radius 3 is 2.81 bits per heavy atom. The number of methoxy groups -OCH3 is 1. The molecule has 1 N–H and O–H groups in total. The van der Waals surface area contributed by atoms with E-state index in [4.69, 9.17) is 4.74 Å². The Balaban J connectivity index is 2.00. The predicted octanol–water partition coefficient (Wildman–Crippen LogP) is 1.51. The van der Waals surface area contributed by atoms with E-state index in [2.05, 4.69) is 16.8 Å². The third kappa shape index (κ3) is 5.64. The van der Waals surface area contributed by atoms with Gasteiger partial charge < -0.3 is 15.0 Å². The molecule has 0 aromatic heterocycles. The lowest BCUT2D eigenvalue weighted by atomic mass is 9.96. The van der Waals surface area contributed by atoms with Gasteiger partial charge in [0, 0.05) is 20.2 Å². The molecule has 0 atom stereocenters. The highest BCUT2D eigenvalue weighted by atomic mass is 16.5. The van der Waals surface area contributed by atoms with Gasteiger partial charge in [-0.3, -0.25) is 0 Å². The Morgan fingerprint density at radius 1 is 1.44 bits per heavy atom. The zero-order valence-corrected chi connectivity index (χ0v) is 10.6. The van der Waals surface area contributed by atoms with Crippen molar-refractivity contribution in [1.82, 2.24) is 10.2 Å². The quantitative estimate of drug-likeness (QED) is 0.501. The van der Waals surface area contributed by atoms with Crippen LogP contribution in [0.15, 0.2) is 12.7 Å². The number of nitrogens with one attached hydrogen (secondary N) is 1. The lowest BCUT2D eigenvalue weighted by Gasteiger charge is -2.31. The summed E-state index contributed by atoms with van der Waals surface area (Å²) in [6.45, 7) is 10.4. The Morgan fingerprint density at radius 2 is 2.19 bits per heavy atom. The maximum absolute atomic E-state index is 5.01. The van der Waals surface area contributed by atoms with Gasteiger partial charge in [0.15, 0.2) is 0 Å². The molecule has 0 aromatic carbocycles. The fraction of sp³-hybridized carbons (Fsp3) is 0.846. The van der Waals surface area contributed by atoms with Crippen LogP contribution in [-0.2, 0) is 4.74 Å². The Bertz CT molecular complexity index is 177. The van der Waals surface area contributed by atoms with Gasteiger partial charge in [-0.25, -0.2) is 0 Å². The molecule has 1 fully saturated rings. The highest BCUT2D eigenvalue weighted by molar-refractivity contribution is 4.76. The largest absolute Gasteiger partial charge is 0.383 e. The maximum Gasteiger partial charge on any atom is 0.0587 e. The molecule has 1 saturated heterocycles. The predicted molar refractivity (Wildman–Crippen MR) is 68.7 cm³/mol. The van der Waals surface area contributed by atoms with Crippen LogP contribution >= 0.6 is 0 Å². The van der Waals surface area contributed by atoms with Crippen molar-refractivity contribution in [2.45, 2.75) is 19.3 Å². The molecule has 0 spiro atoms. The van der Waals surface area contributed by atoms with Gasteiger partial charge in [0.05, 0.1) is 6.61 Å². The first kappa shape index (κ1) is 13.7. The van der Waals surface area contributed by atoms with Crippen molar-refractivity contribution in [3.05, 3.63) is 12.7 Å². The summed E-state index contributed by atoms with van der Waals surface area (Å²) in [5, 5.41) is 3.45. The zero-order chi connectivity index (χ0) is 11.6. The summed E-state index contributed by atoms with van der Waals surface area (Å²) in [7, 11) is 1.75. The van der Waals surface area contributed by atoms with Gasteiger partial charge in [0.1, 0.15) is 0 Å². The third-order valence-corrected chi connectivity index (χ3v) is 3.27. The summed E-state index contributed by atoms with van der Waals surface area (Å²) < 4.78 is 5.01. The van der Waals surface area contributed by atoms with E-state index >= 15 is 0 Å². The molecule has 3 heteroatoms. The van der Waals surface area contributed by atoms with Crippen LogP contribution in [0.4, 0.5) is 0 Å². The van der Waals surface area contributed by atoms with Crippen LogP contribution in [0, 0.1) is 5.92 Å². The minimum Gasteiger partial charge on any atom is -0.383 e. The van der Waals surface area contributed by atoms with E-state index in [1.165, 1.54) is 32.5 Å². The lowest BCUT2D eigenvalue weighted by molar-refractivity contribution is 0.175. The minimum absolute atomic E-state index is 0.818. The number of ether oxygens (including phenoxy) is 1. The SMILES string of the molecule is C=CCCN1CCC(CNCCOC)CC1. The van der Waals surface area contributed by atoms with Crippen LogP contribution < -0.4 is 5.32 Å². The molecule has 0 unspecified atom stereocenters. The number of nitrogens with zero attached hydrogens (tertiary/aromatic N) is 1. The van der Waals surface area contributed by atoms with Crippen LogP contribution in [0.1, 0.15) is 19.3 Å². The molecule has 0 radical (unpaired) electrons. The summed E-state index contributed by atoms with van der Waals surface area (Å²) in [5.41, 5.74) is 0. The van der Waals surface area contributed by atoms with E-state index in [0.29, 0.717) is 0 Å². The average Bonchev–Trinajstić information content (AvgIpc) is 2.33. The molecule has 0 amide bonds. The smallest absolute Gasteiger partial charge is 0.0587 e. The number of hydrogen-bond acceptors (Lipinski definition) is 3. The molecular formula is C13H26N2O. The fourth-order valence-corrected chi connectivity index (χ4v) is 2.17. The van der Waals surface area contributed by atoms with E-state index < -0.39 is 0 Å². The van der Waals surface area contributed by atoms with Crippen molar-refractivity contribution in [3.63, 3.8) is 0 Å². The van der Waals surface area contributed by atoms with E-state index in [1.54, 1.807) is 7.11 Å². The summed E-state index contributed by atoms with van der Waals surface area (Å²) in [5.74, 6) is 0.858. The molecule has 1 aliphatic heterocycles.